The van der Waals surface area contributed by atoms with Crippen LogP contribution in [-0.4, -0.2) is 57.3 Å². The van der Waals surface area contributed by atoms with Crippen molar-refractivity contribution in [3.8, 4) is 0 Å². The largest absolute Gasteiger partial charge is 0.378 e. The summed E-state index contributed by atoms with van der Waals surface area (Å²) in [5.41, 5.74) is 4.10. The van der Waals surface area contributed by atoms with Gasteiger partial charge < -0.3 is 20.3 Å². The third-order valence-electron chi connectivity index (χ3n) is 6.14. The molecule has 0 bridgehead atoms. The van der Waals surface area contributed by atoms with Crippen LogP contribution >= 0.6 is 24.0 Å². The highest BCUT2D eigenvalue weighted by Gasteiger charge is 2.15. The summed E-state index contributed by atoms with van der Waals surface area (Å²) in [6.07, 6.45) is 2.64. The van der Waals surface area contributed by atoms with Crippen molar-refractivity contribution in [2.45, 2.75) is 32.5 Å². The first-order valence-electron chi connectivity index (χ1n) is 11.6. The zero-order valence-electron chi connectivity index (χ0n) is 19.4. The van der Waals surface area contributed by atoms with Crippen molar-refractivity contribution in [3.05, 3.63) is 65.0 Å². The highest BCUT2D eigenvalue weighted by molar-refractivity contribution is 14.0. The number of nitrogens with one attached hydrogen (secondary N) is 2. The molecule has 6 nitrogen and oxygen atoms in total. The summed E-state index contributed by atoms with van der Waals surface area (Å²) in [5.74, 6) is 0.506. The van der Waals surface area contributed by atoms with Gasteiger partial charge in [-0.05, 0) is 54.8 Å². The van der Waals surface area contributed by atoms with E-state index < -0.39 is 0 Å². The number of anilines is 1. The van der Waals surface area contributed by atoms with Crippen molar-refractivity contribution >= 4 is 35.6 Å². The average molecular weight is 567 g/mol. The Kier molecular flexibility index (Phi) is 10.2. The van der Waals surface area contributed by atoms with E-state index in [0.717, 1.165) is 25.2 Å². The van der Waals surface area contributed by atoms with Crippen molar-refractivity contribution in [2.24, 2.45) is 4.99 Å². The molecule has 2 aromatic rings. The van der Waals surface area contributed by atoms with Crippen molar-refractivity contribution in [1.82, 2.24) is 15.5 Å². The maximum absolute atomic E-state index is 14.6. The fraction of sp³-hybridized carbons (Fsp3) is 0.480. The Morgan fingerprint density at radius 1 is 0.909 bits per heavy atom. The fourth-order valence-corrected chi connectivity index (χ4v) is 4.27. The van der Waals surface area contributed by atoms with Crippen LogP contribution in [0.3, 0.4) is 0 Å². The van der Waals surface area contributed by atoms with Crippen LogP contribution in [0.15, 0.2) is 47.5 Å². The van der Waals surface area contributed by atoms with E-state index >= 15 is 0 Å². The minimum atomic E-state index is -0.192. The molecule has 2 N–H and O–H groups in total. The Bertz CT molecular complexity index is 896. The van der Waals surface area contributed by atoms with Crippen LogP contribution in [0, 0.1) is 5.82 Å². The molecule has 2 saturated heterocycles. The highest BCUT2D eigenvalue weighted by atomic mass is 127. The SMILES string of the molecule is CN=C(NCc1ccc(CN2CCCC2)cc1)NCc1ccc(N2CCOCC2)c(F)c1.I. The molecule has 180 valence electrons. The van der Waals surface area contributed by atoms with E-state index in [2.05, 4.69) is 44.8 Å². The Balaban J connectivity index is 0.00000306. The third-order valence-corrected chi connectivity index (χ3v) is 6.14. The van der Waals surface area contributed by atoms with Crippen LogP contribution < -0.4 is 15.5 Å². The predicted molar refractivity (Wildman–Crippen MR) is 143 cm³/mol. The maximum atomic E-state index is 14.6. The van der Waals surface area contributed by atoms with Gasteiger partial charge in [-0.25, -0.2) is 4.39 Å². The van der Waals surface area contributed by atoms with E-state index in [1.54, 1.807) is 13.1 Å². The van der Waals surface area contributed by atoms with Crippen LogP contribution in [0.5, 0.6) is 0 Å². The molecule has 2 fully saturated rings. The normalized spacial score (nSPS) is 17.0. The fourth-order valence-electron chi connectivity index (χ4n) is 4.27. The Morgan fingerprint density at radius 2 is 1.52 bits per heavy atom. The Morgan fingerprint density at radius 3 is 2.15 bits per heavy atom. The van der Waals surface area contributed by atoms with Crippen molar-refractivity contribution in [2.75, 3.05) is 51.3 Å². The topological polar surface area (TPSA) is 52.1 Å². The molecule has 2 aliphatic rings. The van der Waals surface area contributed by atoms with E-state index in [-0.39, 0.29) is 29.8 Å². The summed E-state index contributed by atoms with van der Waals surface area (Å²) in [7, 11) is 1.75. The number of aliphatic imine (C=N–C) groups is 1. The first-order valence-corrected chi connectivity index (χ1v) is 11.6. The van der Waals surface area contributed by atoms with Gasteiger partial charge in [-0.2, -0.15) is 0 Å². The lowest BCUT2D eigenvalue weighted by Crippen LogP contribution is -2.37. The second-order valence-electron chi connectivity index (χ2n) is 8.46. The average Bonchev–Trinajstić information content (AvgIpc) is 3.34. The van der Waals surface area contributed by atoms with Crippen molar-refractivity contribution in [1.29, 1.82) is 0 Å². The summed E-state index contributed by atoms with van der Waals surface area (Å²) in [5, 5.41) is 6.61. The van der Waals surface area contributed by atoms with Gasteiger partial charge in [0.2, 0.25) is 0 Å². The summed E-state index contributed by atoms with van der Waals surface area (Å²) in [6.45, 7) is 7.41. The molecule has 33 heavy (non-hydrogen) atoms. The number of nitrogens with zero attached hydrogens (tertiary/aromatic N) is 3. The number of hydrogen-bond acceptors (Lipinski definition) is 4. The Labute approximate surface area is 213 Å². The lowest BCUT2D eigenvalue weighted by atomic mass is 10.1. The zero-order chi connectivity index (χ0) is 22.2. The van der Waals surface area contributed by atoms with E-state index in [4.69, 9.17) is 4.74 Å². The summed E-state index contributed by atoms with van der Waals surface area (Å²) in [4.78, 5) is 8.83. The third kappa shape index (κ3) is 7.55. The number of likely N-dealkylation sites (tertiary alicyclic amines) is 1. The van der Waals surface area contributed by atoms with Crippen molar-refractivity contribution < 1.29 is 9.13 Å². The molecule has 8 heteroatoms. The molecule has 0 aliphatic carbocycles. The molecular weight excluding hydrogens is 532 g/mol. The lowest BCUT2D eigenvalue weighted by molar-refractivity contribution is 0.122. The van der Waals surface area contributed by atoms with E-state index in [1.807, 2.05) is 17.0 Å². The van der Waals surface area contributed by atoms with Gasteiger partial charge in [0.25, 0.3) is 0 Å². The van der Waals surface area contributed by atoms with Crippen LogP contribution in [0.1, 0.15) is 29.5 Å². The Hall–Kier alpha value is -1.91. The first-order chi connectivity index (χ1) is 15.7. The monoisotopic (exact) mass is 567 g/mol. The second kappa shape index (κ2) is 13.1. The first kappa shape index (κ1) is 25.7. The van der Waals surface area contributed by atoms with Gasteiger partial charge in [-0.15, -0.1) is 24.0 Å². The van der Waals surface area contributed by atoms with Crippen LogP contribution in [0.25, 0.3) is 0 Å². The molecule has 0 atom stereocenters. The quantitative estimate of drug-likeness (QED) is 0.304. The van der Waals surface area contributed by atoms with Gasteiger partial charge in [0.1, 0.15) is 5.82 Å². The van der Waals surface area contributed by atoms with Gasteiger partial charge >= 0.3 is 0 Å². The minimum absolute atomic E-state index is 0. The molecule has 0 saturated carbocycles. The number of benzene rings is 2. The van der Waals surface area contributed by atoms with Crippen LogP contribution in [0.2, 0.25) is 0 Å². The number of hydrogen-bond donors (Lipinski definition) is 2. The molecule has 2 heterocycles. The molecule has 2 aromatic carbocycles. The van der Waals surface area contributed by atoms with Gasteiger partial charge in [0.05, 0.1) is 18.9 Å². The number of halogens is 2. The highest BCUT2D eigenvalue weighted by Crippen LogP contribution is 2.21. The molecule has 0 spiro atoms. The smallest absolute Gasteiger partial charge is 0.191 e. The molecule has 0 radical (unpaired) electrons. The molecule has 0 amide bonds. The van der Waals surface area contributed by atoms with Crippen LogP contribution in [0.4, 0.5) is 10.1 Å². The summed E-state index contributed by atoms with van der Waals surface area (Å²) in [6, 6.07) is 14.2. The summed E-state index contributed by atoms with van der Waals surface area (Å²) >= 11 is 0. The number of guanidine groups is 1. The van der Waals surface area contributed by atoms with Gasteiger partial charge in [-0.1, -0.05) is 30.3 Å². The van der Waals surface area contributed by atoms with Gasteiger partial charge in [0.15, 0.2) is 5.96 Å². The van der Waals surface area contributed by atoms with Crippen molar-refractivity contribution in [3.63, 3.8) is 0 Å². The standard InChI is InChI=1S/C25H34FN5O.HI/c1-27-25(28-17-20-4-6-21(7-5-20)19-30-10-2-3-11-30)29-18-22-8-9-24(23(26)16-22)31-12-14-32-15-13-31;/h4-9,16H,2-3,10-15,17-19H2,1H3,(H2,27,28,29);1H. The predicted octanol–water partition coefficient (Wildman–Crippen LogP) is 3.74. The minimum Gasteiger partial charge on any atom is -0.378 e. The van der Waals surface area contributed by atoms with E-state index in [0.29, 0.717) is 38.0 Å². The number of morpholine rings is 1. The number of ether oxygens (including phenoxy) is 1. The lowest BCUT2D eigenvalue weighted by Gasteiger charge is -2.29. The zero-order valence-corrected chi connectivity index (χ0v) is 21.7. The van der Waals surface area contributed by atoms with Gasteiger partial charge in [0, 0.05) is 39.8 Å². The second-order valence-corrected chi connectivity index (χ2v) is 8.46. The molecular formula is C25H35FIN5O. The molecule has 4 rings (SSSR count). The maximum Gasteiger partial charge on any atom is 0.191 e. The summed E-state index contributed by atoms with van der Waals surface area (Å²) < 4.78 is 20.0. The molecule has 0 aromatic heterocycles. The number of rotatable bonds is 7. The van der Waals surface area contributed by atoms with E-state index in [9.17, 15) is 4.39 Å². The van der Waals surface area contributed by atoms with E-state index in [1.165, 1.54) is 37.1 Å². The van der Waals surface area contributed by atoms with Crippen LogP contribution in [-0.2, 0) is 24.4 Å². The van der Waals surface area contributed by atoms with Gasteiger partial charge in [-0.3, -0.25) is 9.89 Å². The molecule has 2 aliphatic heterocycles. The molecule has 0 unspecified atom stereocenters.